The predicted octanol–water partition coefficient (Wildman–Crippen LogP) is 2.44. The SMILES string of the molecule is O=C(/C=C/[C]1[CH][CH][CH][CH]1)CC(=O)/C=C/[C]1[CH][CH][CH][CH]1. The van der Waals surface area contributed by atoms with Gasteiger partial charge in [-0.05, 0) is 63.5 Å². The Morgan fingerprint density at radius 1 is 0.737 bits per heavy atom. The maximum Gasteiger partial charge on any atom is 0.163 e. The van der Waals surface area contributed by atoms with Gasteiger partial charge in [0, 0.05) is 11.8 Å². The molecule has 0 bridgehead atoms. The summed E-state index contributed by atoms with van der Waals surface area (Å²) >= 11 is 0. The van der Waals surface area contributed by atoms with Crippen molar-refractivity contribution in [1.82, 2.24) is 0 Å². The molecule has 0 unspecified atom stereocenters. The van der Waals surface area contributed by atoms with Gasteiger partial charge in [0.25, 0.3) is 0 Å². The lowest BCUT2D eigenvalue weighted by molar-refractivity contribution is -0.121. The monoisotopic (exact) mass is 250 g/mol. The molecule has 2 saturated carbocycles. The van der Waals surface area contributed by atoms with Crippen LogP contribution in [0.25, 0.3) is 0 Å². The van der Waals surface area contributed by atoms with Crippen LogP contribution < -0.4 is 0 Å². The predicted molar refractivity (Wildman–Crippen MR) is 73.8 cm³/mol. The van der Waals surface area contributed by atoms with E-state index in [1.165, 1.54) is 12.2 Å². The molecule has 0 aromatic rings. The van der Waals surface area contributed by atoms with Crippen LogP contribution in [0.5, 0.6) is 0 Å². The molecule has 0 N–H and O–H groups in total. The lowest BCUT2D eigenvalue weighted by Crippen LogP contribution is -2.03. The summed E-state index contributed by atoms with van der Waals surface area (Å²) in [7, 11) is 0. The molecular formula is C17H14O2. The average Bonchev–Trinajstić information content (AvgIpc) is 3.07. The van der Waals surface area contributed by atoms with Gasteiger partial charge in [0.1, 0.15) is 0 Å². The highest BCUT2D eigenvalue weighted by Crippen LogP contribution is 2.24. The number of carbonyl (C=O) groups is 2. The Morgan fingerprint density at radius 2 is 1.11 bits per heavy atom. The summed E-state index contributed by atoms with van der Waals surface area (Å²) in [6, 6.07) is 0. The maximum absolute atomic E-state index is 11.6. The normalized spacial score (nSPS) is 21.9. The number of carbonyl (C=O) groups excluding carboxylic acids is 2. The van der Waals surface area contributed by atoms with Gasteiger partial charge in [-0.1, -0.05) is 12.2 Å². The molecule has 2 nitrogen and oxygen atoms in total. The third-order valence-corrected chi connectivity index (χ3v) is 2.65. The summed E-state index contributed by atoms with van der Waals surface area (Å²) in [5.41, 5.74) is 0. The summed E-state index contributed by atoms with van der Waals surface area (Å²) in [6.07, 6.45) is 21.5. The van der Waals surface area contributed by atoms with Gasteiger partial charge in [-0.2, -0.15) is 0 Å². The van der Waals surface area contributed by atoms with Crippen LogP contribution in [0.4, 0.5) is 0 Å². The van der Waals surface area contributed by atoms with E-state index in [2.05, 4.69) is 0 Å². The van der Waals surface area contributed by atoms with Gasteiger partial charge < -0.3 is 0 Å². The summed E-state index contributed by atoms with van der Waals surface area (Å²) in [5.74, 6) is 1.57. The summed E-state index contributed by atoms with van der Waals surface area (Å²) in [6.45, 7) is 0. The van der Waals surface area contributed by atoms with Crippen molar-refractivity contribution in [3.63, 3.8) is 0 Å². The quantitative estimate of drug-likeness (QED) is 0.536. The van der Waals surface area contributed by atoms with Crippen molar-refractivity contribution in [2.45, 2.75) is 6.42 Å². The zero-order valence-electron chi connectivity index (χ0n) is 10.5. The molecule has 10 radical (unpaired) electrons. The van der Waals surface area contributed by atoms with Crippen LogP contribution in [0.1, 0.15) is 6.42 Å². The minimum atomic E-state index is -0.182. The van der Waals surface area contributed by atoms with Crippen LogP contribution in [0, 0.1) is 63.2 Å². The highest BCUT2D eigenvalue weighted by atomic mass is 16.1. The van der Waals surface area contributed by atoms with Crippen molar-refractivity contribution in [1.29, 1.82) is 0 Å². The second-order valence-electron chi connectivity index (χ2n) is 4.21. The zero-order chi connectivity index (χ0) is 13.5. The van der Waals surface area contributed by atoms with E-state index in [1.54, 1.807) is 12.2 Å². The van der Waals surface area contributed by atoms with Gasteiger partial charge >= 0.3 is 0 Å². The molecule has 0 saturated heterocycles. The van der Waals surface area contributed by atoms with E-state index >= 15 is 0 Å². The van der Waals surface area contributed by atoms with Crippen LogP contribution in [0.15, 0.2) is 24.3 Å². The third-order valence-electron chi connectivity index (χ3n) is 2.65. The standard InChI is InChI=1S/C17H14O2/c18-16(11-9-14-5-1-2-6-14)13-17(19)12-10-15-7-3-4-8-15/h1-12H,13H2/b11-9+,12-10+. The lowest BCUT2D eigenvalue weighted by atomic mass is 10.0. The topological polar surface area (TPSA) is 34.1 Å². The average molecular weight is 250 g/mol. The molecule has 2 rings (SSSR count). The lowest BCUT2D eigenvalue weighted by Gasteiger charge is -1.99. The smallest absolute Gasteiger partial charge is 0.163 e. The molecule has 2 heteroatoms. The summed E-state index contributed by atoms with van der Waals surface area (Å²) in [5, 5.41) is 0. The van der Waals surface area contributed by atoms with E-state index in [0.717, 1.165) is 11.8 Å². The zero-order valence-corrected chi connectivity index (χ0v) is 10.5. The first kappa shape index (κ1) is 14.2. The number of hydrogen-bond acceptors (Lipinski definition) is 2. The minimum Gasteiger partial charge on any atom is -0.294 e. The Kier molecular flexibility index (Phi) is 5.56. The Labute approximate surface area is 116 Å². The molecule has 94 valence electrons. The van der Waals surface area contributed by atoms with E-state index in [0.29, 0.717) is 0 Å². The Balaban J connectivity index is 1.70. The molecular weight excluding hydrogens is 236 g/mol. The molecule has 2 aliphatic carbocycles. The van der Waals surface area contributed by atoms with Crippen molar-refractivity contribution >= 4 is 11.6 Å². The van der Waals surface area contributed by atoms with Gasteiger partial charge in [0.2, 0.25) is 0 Å². The number of ketones is 2. The number of allylic oxidation sites excluding steroid dienone is 4. The first-order valence-electron chi connectivity index (χ1n) is 6.09. The fourth-order valence-electron chi connectivity index (χ4n) is 1.67. The Hall–Kier alpha value is -1.18. The molecule has 2 aliphatic rings. The second-order valence-corrected chi connectivity index (χ2v) is 4.21. The van der Waals surface area contributed by atoms with E-state index in [1.807, 2.05) is 51.4 Å². The molecule has 0 aliphatic heterocycles. The number of rotatable bonds is 6. The first-order valence-corrected chi connectivity index (χ1v) is 6.09. The fourth-order valence-corrected chi connectivity index (χ4v) is 1.67. The third kappa shape index (κ3) is 5.14. The van der Waals surface area contributed by atoms with Crippen LogP contribution in [0.3, 0.4) is 0 Å². The van der Waals surface area contributed by atoms with Gasteiger partial charge in [0.15, 0.2) is 11.6 Å². The van der Waals surface area contributed by atoms with Gasteiger partial charge in [0.05, 0.1) is 6.42 Å². The van der Waals surface area contributed by atoms with Crippen LogP contribution >= 0.6 is 0 Å². The Bertz CT molecular complexity index is 331. The minimum absolute atomic E-state index is 0.0889. The van der Waals surface area contributed by atoms with Crippen LogP contribution in [-0.4, -0.2) is 11.6 Å². The summed E-state index contributed by atoms with van der Waals surface area (Å²) in [4.78, 5) is 23.1. The molecule has 0 spiro atoms. The highest BCUT2D eigenvalue weighted by molar-refractivity contribution is 6.08. The highest BCUT2D eigenvalue weighted by Gasteiger charge is 2.15. The maximum atomic E-state index is 11.6. The first-order chi connectivity index (χ1) is 9.24. The fraction of sp³-hybridized carbons (Fsp3) is 0.0588. The van der Waals surface area contributed by atoms with Gasteiger partial charge in [-0.25, -0.2) is 0 Å². The molecule has 19 heavy (non-hydrogen) atoms. The van der Waals surface area contributed by atoms with E-state index in [9.17, 15) is 9.59 Å². The van der Waals surface area contributed by atoms with Crippen LogP contribution in [-0.2, 0) is 9.59 Å². The van der Waals surface area contributed by atoms with Crippen molar-refractivity contribution in [3.05, 3.63) is 87.5 Å². The van der Waals surface area contributed by atoms with Crippen molar-refractivity contribution in [2.24, 2.45) is 0 Å². The Morgan fingerprint density at radius 3 is 1.47 bits per heavy atom. The largest absolute Gasteiger partial charge is 0.294 e. The van der Waals surface area contributed by atoms with E-state index in [-0.39, 0.29) is 18.0 Å². The number of hydrogen-bond donors (Lipinski definition) is 0. The molecule has 0 aromatic heterocycles. The van der Waals surface area contributed by atoms with E-state index < -0.39 is 0 Å². The molecule has 0 aromatic carbocycles. The van der Waals surface area contributed by atoms with Gasteiger partial charge in [-0.3, -0.25) is 9.59 Å². The van der Waals surface area contributed by atoms with Crippen molar-refractivity contribution in [2.75, 3.05) is 0 Å². The summed E-state index contributed by atoms with van der Waals surface area (Å²) < 4.78 is 0. The molecule has 0 atom stereocenters. The van der Waals surface area contributed by atoms with Crippen molar-refractivity contribution < 1.29 is 9.59 Å². The second kappa shape index (κ2) is 7.42. The molecule has 0 amide bonds. The van der Waals surface area contributed by atoms with Crippen molar-refractivity contribution in [3.8, 4) is 0 Å². The molecule has 2 fully saturated rings. The van der Waals surface area contributed by atoms with Crippen LogP contribution in [0.2, 0.25) is 0 Å². The van der Waals surface area contributed by atoms with Gasteiger partial charge in [-0.15, -0.1) is 0 Å². The molecule has 0 heterocycles. The van der Waals surface area contributed by atoms with E-state index in [4.69, 9.17) is 0 Å².